The van der Waals surface area contributed by atoms with Crippen LogP contribution in [0.1, 0.15) is 52.2 Å². The molecule has 6 nitrogen and oxygen atoms in total. The average molecular weight is 426 g/mol. The van der Waals surface area contributed by atoms with Crippen molar-refractivity contribution < 1.29 is 23.8 Å². The molecule has 0 bridgehead atoms. The van der Waals surface area contributed by atoms with Gasteiger partial charge in [0.1, 0.15) is 6.61 Å². The molecule has 0 aliphatic carbocycles. The number of hydrogen-bond donors (Lipinski definition) is 1. The molecule has 0 saturated carbocycles. The number of alkyl carbamates (subject to hydrolysis) is 1. The maximum absolute atomic E-state index is 12.5. The molecule has 0 fully saturated rings. The molecule has 0 radical (unpaired) electrons. The van der Waals surface area contributed by atoms with Crippen molar-refractivity contribution in [1.29, 1.82) is 0 Å². The van der Waals surface area contributed by atoms with Crippen molar-refractivity contribution >= 4 is 23.0 Å². The summed E-state index contributed by atoms with van der Waals surface area (Å²) in [5, 5.41) is 2.77. The number of hydrogen-bond acceptors (Lipinski definition) is 6. The SMILES string of the molecule is COc1cc(C)c(COC(=O)NCC(C)(C)C(=O)SCCC(C)(C)C)cc1OC. The minimum absolute atomic E-state index is 0.0674. The minimum Gasteiger partial charge on any atom is -0.493 e. The van der Waals surface area contributed by atoms with Crippen LogP contribution in [-0.4, -0.2) is 37.7 Å². The van der Waals surface area contributed by atoms with Crippen molar-refractivity contribution in [3.63, 3.8) is 0 Å². The Morgan fingerprint density at radius 1 is 1.03 bits per heavy atom. The first-order valence-corrected chi connectivity index (χ1v) is 10.7. The normalized spacial score (nSPS) is 11.7. The molecule has 0 aliphatic rings. The van der Waals surface area contributed by atoms with E-state index in [-0.39, 0.29) is 23.7 Å². The number of rotatable bonds is 9. The van der Waals surface area contributed by atoms with Crippen molar-refractivity contribution in [3.8, 4) is 11.5 Å². The molecule has 0 aliphatic heterocycles. The van der Waals surface area contributed by atoms with E-state index in [9.17, 15) is 9.59 Å². The Morgan fingerprint density at radius 2 is 1.62 bits per heavy atom. The molecule has 0 atom stereocenters. The lowest BCUT2D eigenvalue weighted by atomic mass is 9.94. The van der Waals surface area contributed by atoms with E-state index in [2.05, 4.69) is 26.1 Å². The lowest BCUT2D eigenvalue weighted by molar-refractivity contribution is -0.117. The van der Waals surface area contributed by atoms with Gasteiger partial charge in [0.15, 0.2) is 16.6 Å². The predicted octanol–water partition coefficient (Wildman–Crippen LogP) is 4.96. The van der Waals surface area contributed by atoms with Crippen LogP contribution >= 0.6 is 11.8 Å². The highest BCUT2D eigenvalue weighted by molar-refractivity contribution is 8.13. The number of amides is 1. The first kappa shape index (κ1) is 25.1. The molecular formula is C22H35NO5S. The molecule has 1 N–H and O–H groups in total. The molecule has 0 saturated heterocycles. The number of benzene rings is 1. The van der Waals surface area contributed by atoms with Gasteiger partial charge in [0.2, 0.25) is 0 Å². The van der Waals surface area contributed by atoms with Crippen molar-refractivity contribution in [2.24, 2.45) is 10.8 Å². The Kier molecular flexibility index (Phi) is 9.33. The van der Waals surface area contributed by atoms with Crippen molar-refractivity contribution in [3.05, 3.63) is 23.3 Å². The highest BCUT2D eigenvalue weighted by Gasteiger charge is 2.29. The summed E-state index contributed by atoms with van der Waals surface area (Å²) in [5.74, 6) is 1.98. The van der Waals surface area contributed by atoms with Gasteiger partial charge in [-0.25, -0.2) is 4.79 Å². The summed E-state index contributed by atoms with van der Waals surface area (Å²) >= 11 is 1.32. The molecular weight excluding hydrogens is 390 g/mol. The first-order valence-electron chi connectivity index (χ1n) is 9.69. The van der Waals surface area contributed by atoms with Crippen molar-refractivity contribution in [2.45, 2.75) is 54.6 Å². The fourth-order valence-electron chi connectivity index (χ4n) is 2.38. The van der Waals surface area contributed by atoms with Crippen LogP contribution in [-0.2, 0) is 16.1 Å². The van der Waals surface area contributed by atoms with Crippen molar-refractivity contribution in [1.82, 2.24) is 5.32 Å². The summed E-state index contributed by atoms with van der Waals surface area (Å²) < 4.78 is 15.9. The fourth-order valence-corrected chi connectivity index (χ4v) is 3.75. The van der Waals surface area contributed by atoms with Gasteiger partial charge >= 0.3 is 6.09 Å². The number of thioether (sulfide) groups is 1. The Labute approximate surface area is 179 Å². The van der Waals surface area contributed by atoms with Crippen LogP contribution < -0.4 is 14.8 Å². The summed E-state index contributed by atoms with van der Waals surface area (Å²) in [6, 6.07) is 3.63. The van der Waals surface area contributed by atoms with Crippen LogP contribution in [0.2, 0.25) is 0 Å². The maximum atomic E-state index is 12.5. The summed E-state index contributed by atoms with van der Waals surface area (Å²) in [6.07, 6.45) is 0.402. The lowest BCUT2D eigenvalue weighted by Crippen LogP contribution is -2.38. The number of aryl methyl sites for hydroxylation is 1. The van der Waals surface area contributed by atoms with E-state index in [4.69, 9.17) is 14.2 Å². The molecule has 1 aromatic carbocycles. The highest BCUT2D eigenvalue weighted by Crippen LogP contribution is 2.31. The predicted molar refractivity (Wildman–Crippen MR) is 118 cm³/mol. The molecule has 7 heteroatoms. The van der Waals surface area contributed by atoms with Crippen LogP contribution in [0.15, 0.2) is 12.1 Å². The molecule has 1 amide bonds. The summed E-state index contributed by atoms with van der Waals surface area (Å²) in [6.45, 7) is 12.4. The molecule has 0 aromatic heterocycles. The van der Waals surface area contributed by atoms with Gasteiger partial charge in [-0.15, -0.1) is 0 Å². The number of ether oxygens (including phenoxy) is 3. The van der Waals surface area contributed by atoms with E-state index in [1.54, 1.807) is 20.3 Å². The second-order valence-corrected chi connectivity index (χ2v) is 9.96. The maximum Gasteiger partial charge on any atom is 0.407 e. The van der Waals surface area contributed by atoms with Gasteiger partial charge in [-0.1, -0.05) is 46.4 Å². The standard InChI is InChI=1S/C22H35NO5S/c1-15-11-17(26-7)18(27-8)12-16(15)13-28-20(25)23-14-22(5,6)19(24)29-10-9-21(2,3)4/h11-12H,9-10,13-14H2,1-8H3,(H,23,25). The van der Waals surface area contributed by atoms with Crippen LogP contribution in [0.5, 0.6) is 11.5 Å². The quantitative estimate of drug-likeness (QED) is 0.603. The average Bonchev–Trinajstić information content (AvgIpc) is 2.63. The van der Waals surface area contributed by atoms with Crippen LogP contribution in [0.4, 0.5) is 4.79 Å². The van der Waals surface area contributed by atoms with Gasteiger partial charge in [0, 0.05) is 12.3 Å². The second-order valence-electron chi connectivity index (χ2n) is 8.89. The fraction of sp³-hybridized carbons (Fsp3) is 0.636. The van der Waals surface area contributed by atoms with E-state index in [1.807, 2.05) is 26.8 Å². The zero-order valence-electron chi connectivity index (χ0n) is 18.9. The zero-order chi connectivity index (χ0) is 22.2. The largest absolute Gasteiger partial charge is 0.493 e. The summed E-state index contributed by atoms with van der Waals surface area (Å²) in [4.78, 5) is 24.6. The third kappa shape index (κ3) is 8.56. The van der Waals surface area contributed by atoms with Crippen LogP contribution in [0.25, 0.3) is 0 Å². The van der Waals surface area contributed by atoms with E-state index < -0.39 is 11.5 Å². The van der Waals surface area contributed by atoms with Gasteiger partial charge in [0.05, 0.1) is 19.6 Å². The van der Waals surface area contributed by atoms with E-state index >= 15 is 0 Å². The Hall–Kier alpha value is -1.89. The van der Waals surface area contributed by atoms with E-state index in [0.29, 0.717) is 11.5 Å². The van der Waals surface area contributed by atoms with Crippen LogP contribution in [0, 0.1) is 17.8 Å². The van der Waals surface area contributed by atoms with Gasteiger partial charge in [0.25, 0.3) is 0 Å². The Morgan fingerprint density at radius 3 is 2.17 bits per heavy atom. The zero-order valence-corrected chi connectivity index (χ0v) is 19.7. The van der Waals surface area contributed by atoms with Crippen LogP contribution in [0.3, 0.4) is 0 Å². The Bertz CT molecular complexity index is 710. The summed E-state index contributed by atoms with van der Waals surface area (Å²) in [5.41, 5.74) is 1.29. The Balaban J connectivity index is 2.53. The first-order chi connectivity index (χ1) is 13.4. The monoisotopic (exact) mass is 425 g/mol. The second kappa shape index (κ2) is 10.8. The number of nitrogens with one attached hydrogen (secondary N) is 1. The number of methoxy groups -OCH3 is 2. The highest BCUT2D eigenvalue weighted by atomic mass is 32.2. The van der Waals surface area contributed by atoms with E-state index in [0.717, 1.165) is 23.3 Å². The minimum atomic E-state index is -0.666. The molecule has 1 rings (SSSR count). The molecule has 29 heavy (non-hydrogen) atoms. The van der Waals surface area contributed by atoms with Gasteiger partial charge in [-0.3, -0.25) is 4.79 Å². The molecule has 0 spiro atoms. The topological polar surface area (TPSA) is 73.9 Å². The third-order valence-electron chi connectivity index (χ3n) is 4.51. The van der Waals surface area contributed by atoms with Gasteiger partial charge < -0.3 is 19.5 Å². The molecule has 0 heterocycles. The third-order valence-corrected chi connectivity index (χ3v) is 5.74. The smallest absolute Gasteiger partial charge is 0.407 e. The van der Waals surface area contributed by atoms with Gasteiger partial charge in [-0.2, -0.15) is 0 Å². The van der Waals surface area contributed by atoms with Crippen molar-refractivity contribution in [2.75, 3.05) is 26.5 Å². The van der Waals surface area contributed by atoms with Gasteiger partial charge in [-0.05, 0) is 42.0 Å². The number of carbonyl (C=O) groups is 2. The molecule has 0 unspecified atom stereocenters. The van der Waals surface area contributed by atoms with E-state index in [1.165, 1.54) is 11.8 Å². The molecule has 164 valence electrons. The summed E-state index contributed by atoms with van der Waals surface area (Å²) in [7, 11) is 3.13. The number of carbonyl (C=O) groups excluding carboxylic acids is 2. The molecule has 1 aromatic rings. The lowest BCUT2D eigenvalue weighted by Gasteiger charge is -2.24.